The third-order valence-electron chi connectivity index (χ3n) is 4.01. The summed E-state index contributed by atoms with van der Waals surface area (Å²) in [6, 6.07) is 8.57. The van der Waals surface area contributed by atoms with Gasteiger partial charge in [0.25, 0.3) is 0 Å². The molecule has 2 heterocycles. The summed E-state index contributed by atoms with van der Waals surface area (Å²) >= 11 is 0. The highest BCUT2D eigenvalue weighted by Crippen LogP contribution is 2.24. The predicted molar refractivity (Wildman–Crippen MR) is 86.1 cm³/mol. The highest BCUT2D eigenvalue weighted by atomic mass is 32.2. The van der Waals surface area contributed by atoms with Crippen LogP contribution in [0.4, 0.5) is 0 Å². The Kier molecular flexibility index (Phi) is 4.58. The molecule has 0 atom stereocenters. The fourth-order valence-corrected chi connectivity index (χ4v) is 4.04. The molecule has 0 amide bonds. The molecule has 0 N–H and O–H groups in total. The minimum atomic E-state index is -3.26. The number of aromatic nitrogens is 2. The topological polar surface area (TPSA) is 72.4 Å². The monoisotopic (exact) mass is 333 g/mol. The van der Waals surface area contributed by atoms with Gasteiger partial charge in [-0.15, -0.1) is 0 Å². The van der Waals surface area contributed by atoms with Crippen molar-refractivity contribution in [3.8, 4) is 5.88 Å². The highest BCUT2D eigenvalue weighted by molar-refractivity contribution is 7.91. The number of ether oxygens (including phenoxy) is 1. The second-order valence-corrected chi connectivity index (χ2v) is 7.58. The molecule has 0 radical (unpaired) electrons. The minimum absolute atomic E-state index is 0.0996. The Morgan fingerprint density at radius 3 is 2.74 bits per heavy atom. The molecule has 0 unspecified atom stereocenters. The first-order chi connectivity index (χ1) is 11.1. The fraction of sp³-hybridized carbons (Fsp3) is 0.375. The lowest BCUT2D eigenvalue weighted by atomic mass is 10.1. The first-order valence-electron chi connectivity index (χ1n) is 7.47. The van der Waals surface area contributed by atoms with Gasteiger partial charge in [-0.2, -0.15) is 0 Å². The number of benzene rings is 1. The zero-order chi connectivity index (χ0) is 16.3. The Balaban J connectivity index is 1.69. The van der Waals surface area contributed by atoms with E-state index in [1.807, 2.05) is 6.07 Å². The van der Waals surface area contributed by atoms with Gasteiger partial charge in [0, 0.05) is 31.6 Å². The molecular formula is C16H19N3O3S. The lowest BCUT2D eigenvalue weighted by molar-refractivity contribution is 0.257. The van der Waals surface area contributed by atoms with Crippen LogP contribution in [0.2, 0.25) is 0 Å². The van der Waals surface area contributed by atoms with Crippen LogP contribution in [0.3, 0.4) is 0 Å². The number of fused-ring (bicyclic) bond motifs is 1. The van der Waals surface area contributed by atoms with E-state index in [1.54, 1.807) is 31.4 Å². The quantitative estimate of drug-likeness (QED) is 0.822. The molecule has 0 fully saturated rings. The Morgan fingerprint density at radius 2 is 2.00 bits per heavy atom. The normalized spacial score (nSPS) is 15.2. The Bertz CT molecular complexity index is 764. The molecule has 1 aliphatic rings. The van der Waals surface area contributed by atoms with Crippen molar-refractivity contribution in [2.75, 3.05) is 26.0 Å². The predicted octanol–water partition coefficient (Wildman–Crippen LogP) is 1.32. The lowest BCUT2D eigenvalue weighted by Crippen LogP contribution is -2.35. The average Bonchev–Trinajstić information content (AvgIpc) is 2.60. The van der Waals surface area contributed by atoms with Gasteiger partial charge in [-0.1, -0.05) is 18.2 Å². The number of hydrogen-bond donors (Lipinski definition) is 0. The molecule has 3 rings (SSSR count). The smallest absolute Gasteiger partial charge is 0.220 e. The van der Waals surface area contributed by atoms with Gasteiger partial charge in [-0.25, -0.2) is 18.4 Å². The van der Waals surface area contributed by atoms with Crippen molar-refractivity contribution >= 4 is 9.84 Å². The lowest BCUT2D eigenvalue weighted by Gasteiger charge is -2.28. The number of sulfone groups is 1. The van der Waals surface area contributed by atoms with Crippen molar-refractivity contribution in [3.05, 3.63) is 47.9 Å². The third kappa shape index (κ3) is 3.51. The molecule has 0 spiro atoms. The molecular weight excluding hydrogens is 314 g/mol. The van der Waals surface area contributed by atoms with Crippen LogP contribution in [-0.2, 0) is 22.8 Å². The Labute approximate surface area is 136 Å². The first kappa shape index (κ1) is 15.9. The molecule has 0 bridgehead atoms. The summed E-state index contributed by atoms with van der Waals surface area (Å²) < 4.78 is 30.0. The van der Waals surface area contributed by atoms with Crippen molar-refractivity contribution in [1.29, 1.82) is 0 Å². The van der Waals surface area contributed by atoms with E-state index in [2.05, 4.69) is 14.9 Å². The first-order valence-corrected chi connectivity index (χ1v) is 9.12. The summed E-state index contributed by atoms with van der Waals surface area (Å²) in [4.78, 5) is 10.9. The zero-order valence-corrected chi connectivity index (χ0v) is 13.8. The zero-order valence-electron chi connectivity index (χ0n) is 13.0. The van der Waals surface area contributed by atoms with E-state index in [0.29, 0.717) is 23.9 Å². The molecule has 7 heteroatoms. The number of hydrogen-bond acceptors (Lipinski definition) is 6. The van der Waals surface area contributed by atoms with Gasteiger partial charge in [0.15, 0.2) is 9.84 Å². The fourth-order valence-electron chi connectivity index (χ4n) is 2.73. The van der Waals surface area contributed by atoms with Gasteiger partial charge in [0.2, 0.25) is 5.88 Å². The van der Waals surface area contributed by atoms with E-state index in [-0.39, 0.29) is 5.75 Å². The molecule has 0 saturated carbocycles. The maximum atomic E-state index is 12.4. The van der Waals surface area contributed by atoms with Gasteiger partial charge in [-0.05, 0) is 12.1 Å². The van der Waals surface area contributed by atoms with Crippen LogP contribution in [-0.4, -0.2) is 49.2 Å². The maximum absolute atomic E-state index is 12.4. The SMILES string of the molecule is COc1ncnc2c1CN(CCS(=O)(=O)c1ccccc1)CC2. The van der Waals surface area contributed by atoms with E-state index < -0.39 is 9.84 Å². The van der Waals surface area contributed by atoms with Gasteiger partial charge in [0.1, 0.15) is 6.33 Å². The minimum Gasteiger partial charge on any atom is -0.481 e. The summed E-state index contributed by atoms with van der Waals surface area (Å²) in [5, 5.41) is 0. The van der Waals surface area contributed by atoms with Crippen LogP contribution in [0.1, 0.15) is 11.3 Å². The molecule has 2 aromatic rings. The second kappa shape index (κ2) is 6.64. The van der Waals surface area contributed by atoms with Crippen LogP contribution < -0.4 is 4.74 Å². The third-order valence-corrected chi connectivity index (χ3v) is 5.72. The summed E-state index contributed by atoms with van der Waals surface area (Å²) in [5.74, 6) is 0.674. The van der Waals surface area contributed by atoms with Crippen LogP contribution in [0, 0.1) is 0 Å². The largest absolute Gasteiger partial charge is 0.481 e. The van der Waals surface area contributed by atoms with Crippen molar-refractivity contribution in [2.24, 2.45) is 0 Å². The summed E-state index contributed by atoms with van der Waals surface area (Å²) in [6.45, 7) is 1.88. The maximum Gasteiger partial charge on any atom is 0.220 e. The van der Waals surface area contributed by atoms with E-state index in [4.69, 9.17) is 4.74 Å². The molecule has 122 valence electrons. The standard InChI is InChI=1S/C16H19N3O3S/c1-22-16-14-11-19(8-7-15(14)17-12-18-16)9-10-23(20,21)13-5-3-2-4-6-13/h2-6,12H,7-11H2,1H3. The van der Waals surface area contributed by atoms with Gasteiger partial charge >= 0.3 is 0 Å². The molecule has 1 aliphatic heterocycles. The second-order valence-electron chi connectivity index (χ2n) is 5.47. The van der Waals surface area contributed by atoms with Crippen LogP contribution in [0.5, 0.6) is 5.88 Å². The van der Waals surface area contributed by atoms with E-state index >= 15 is 0 Å². The summed E-state index contributed by atoms with van der Waals surface area (Å²) in [5.41, 5.74) is 1.94. The average molecular weight is 333 g/mol. The van der Waals surface area contributed by atoms with Gasteiger partial charge < -0.3 is 4.74 Å². The van der Waals surface area contributed by atoms with Crippen LogP contribution >= 0.6 is 0 Å². The Morgan fingerprint density at radius 1 is 1.22 bits per heavy atom. The number of rotatable bonds is 5. The number of methoxy groups -OCH3 is 1. The highest BCUT2D eigenvalue weighted by Gasteiger charge is 2.23. The van der Waals surface area contributed by atoms with Crippen LogP contribution in [0.15, 0.2) is 41.6 Å². The molecule has 23 heavy (non-hydrogen) atoms. The molecule has 0 aliphatic carbocycles. The molecule has 6 nitrogen and oxygen atoms in total. The summed E-state index contributed by atoms with van der Waals surface area (Å²) in [7, 11) is -1.67. The van der Waals surface area contributed by atoms with E-state index in [9.17, 15) is 8.42 Å². The van der Waals surface area contributed by atoms with Crippen molar-refractivity contribution in [1.82, 2.24) is 14.9 Å². The van der Waals surface area contributed by atoms with Crippen molar-refractivity contribution in [2.45, 2.75) is 17.9 Å². The summed E-state index contributed by atoms with van der Waals surface area (Å²) in [6.07, 6.45) is 2.28. The molecule has 1 aromatic carbocycles. The van der Waals surface area contributed by atoms with Crippen molar-refractivity contribution in [3.63, 3.8) is 0 Å². The Hall–Kier alpha value is -1.99. The van der Waals surface area contributed by atoms with Crippen molar-refractivity contribution < 1.29 is 13.2 Å². The van der Waals surface area contributed by atoms with Gasteiger partial charge in [-0.3, -0.25) is 4.90 Å². The van der Waals surface area contributed by atoms with E-state index in [0.717, 1.165) is 24.2 Å². The van der Waals surface area contributed by atoms with Crippen LogP contribution in [0.25, 0.3) is 0 Å². The molecule has 1 aromatic heterocycles. The molecule has 0 saturated heterocycles. The van der Waals surface area contributed by atoms with Gasteiger partial charge in [0.05, 0.1) is 23.5 Å². The van der Waals surface area contributed by atoms with E-state index in [1.165, 1.54) is 6.33 Å². The number of nitrogens with zero attached hydrogens (tertiary/aromatic N) is 3.